The van der Waals surface area contributed by atoms with E-state index in [-0.39, 0.29) is 11.6 Å². The van der Waals surface area contributed by atoms with Crippen molar-refractivity contribution < 1.29 is 9.21 Å². The third kappa shape index (κ3) is 5.48. The van der Waals surface area contributed by atoms with Gasteiger partial charge in [0.05, 0.1) is 19.4 Å². The first kappa shape index (κ1) is 18.8. The maximum atomic E-state index is 12.8. The lowest BCUT2D eigenvalue weighted by molar-refractivity contribution is 0.176. The van der Waals surface area contributed by atoms with E-state index in [4.69, 9.17) is 4.42 Å². The molecule has 0 radical (unpaired) electrons. The van der Waals surface area contributed by atoms with Gasteiger partial charge in [-0.1, -0.05) is 30.3 Å². The van der Waals surface area contributed by atoms with E-state index in [1.54, 1.807) is 17.4 Å². The highest BCUT2D eigenvalue weighted by molar-refractivity contribution is 5.74. The van der Waals surface area contributed by atoms with Crippen molar-refractivity contribution in [1.82, 2.24) is 19.8 Å². The van der Waals surface area contributed by atoms with E-state index in [2.05, 4.69) is 27.0 Å². The van der Waals surface area contributed by atoms with Crippen molar-refractivity contribution in [1.29, 1.82) is 0 Å². The van der Waals surface area contributed by atoms with Gasteiger partial charge in [0.15, 0.2) is 0 Å². The van der Waals surface area contributed by atoms with E-state index in [0.29, 0.717) is 19.6 Å². The summed E-state index contributed by atoms with van der Waals surface area (Å²) in [5, 5.41) is 3.02. The summed E-state index contributed by atoms with van der Waals surface area (Å²) in [4.78, 5) is 19.0. The first-order valence-electron chi connectivity index (χ1n) is 9.04. The van der Waals surface area contributed by atoms with Crippen molar-refractivity contribution in [2.75, 3.05) is 0 Å². The first-order chi connectivity index (χ1) is 12.9. The fraction of sp³-hybridized carbons (Fsp3) is 0.333. The first-order valence-corrected chi connectivity index (χ1v) is 9.04. The number of furan rings is 1. The number of aromatic nitrogens is 2. The van der Waals surface area contributed by atoms with Crippen LogP contribution in [0.5, 0.6) is 0 Å². The number of carbonyl (C=O) groups is 1. The second kappa shape index (κ2) is 8.12. The van der Waals surface area contributed by atoms with Crippen LogP contribution < -0.4 is 5.32 Å². The van der Waals surface area contributed by atoms with Gasteiger partial charge < -0.3 is 19.2 Å². The Morgan fingerprint density at radius 1 is 1.15 bits per heavy atom. The number of amides is 2. The largest absolute Gasteiger partial charge is 0.467 e. The molecule has 0 unspecified atom stereocenters. The van der Waals surface area contributed by atoms with Crippen molar-refractivity contribution in [2.45, 2.75) is 45.9 Å². The van der Waals surface area contributed by atoms with Gasteiger partial charge in [-0.2, -0.15) is 0 Å². The molecule has 3 aromatic rings. The van der Waals surface area contributed by atoms with Crippen molar-refractivity contribution >= 4 is 6.03 Å². The summed E-state index contributed by atoms with van der Waals surface area (Å²) in [7, 11) is 0. The van der Waals surface area contributed by atoms with E-state index in [0.717, 1.165) is 11.6 Å². The number of imidazole rings is 1. The Labute approximate surface area is 159 Å². The molecule has 142 valence electrons. The van der Waals surface area contributed by atoms with Crippen molar-refractivity contribution in [3.8, 4) is 0 Å². The maximum Gasteiger partial charge on any atom is 0.318 e. The molecular weight excluding hydrogens is 340 g/mol. The Balaban J connectivity index is 1.77. The second-order valence-electron chi connectivity index (χ2n) is 7.57. The zero-order chi connectivity index (χ0) is 19.3. The highest BCUT2D eigenvalue weighted by Crippen LogP contribution is 2.13. The summed E-state index contributed by atoms with van der Waals surface area (Å²) >= 11 is 0. The zero-order valence-corrected chi connectivity index (χ0v) is 16.1. The van der Waals surface area contributed by atoms with Gasteiger partial charge in [0.2, 0.25) is 0 Å². The van der Waals surface area contributed by atoms with Crippen LogP contribution >= 0.6 is 0 Å². The van der Waals surface area contributed by atoms with E-state index < -0.39 is 0 Å². The summed E-state index contributed by atoms with van der Waals surface area (Å²) in [5.41, 5.74) is 0.867. The molecule has 2 aromatic heterocycles. The third-order valence-corrected chi connectivity index (χ3v) is 4.03. The van der Waals surface area contributed by atoms with Gasteiger partial charge in [0, 0.05) is 24.5 Å². The molecule has 0 saturated carbocycles. The number of hydrogen-bond acceptors (Lipinski definition) is 3. The fourth-order valence-corrected chi connectivity index (χ4v) is 2.78. The molecule has 1 aromatic carbocycles. The molecular formula is C21H26N4O2. The minimum Gasteiger partial charge on any atom is -0.467 e. The van der Waals surface area contributed by atoms with Crippen LogP contribution in [-0.2, 0) is 19.6 Å². The van der Waals surface area contributed by atoms with Gasteiger partial charge in [-0.25, -0.2) is 9.78 Å². The molecule has 1 N–H and O–H groups in total. The summed E-state index contributed by atoms with van der Waals surface area (Å²) in [6, 6.07) is 13.7. The summed E-state index contributed by atoms with van der Waals surface area (Å²) in [5.74, 6) is 1.56. The number of nitrogens with zero attached hydrogens (tertiary/aromatic N) is 3. The second-order valence-corrected chi connectivity index (χ2v) is 7.57. The van der Waals surface area contributed by atoms with Crippen LogP contribution in [0, 0.1) is 0 Å². The van der Waals surface area contributed by atoms with E-state index >= 15 is 0 Å². The zero-order valence-electron chi connectivity index (χ0n) is 16.1. The minimum atomic E-state index is -0.321. The number of urea groups is 1. The molecule has 0 aliphatic rings. The Hall–Kier alpha value is -3.02. The van der Waals surface area contributed by atoms with Gasteiger partial charge >= 0.3 is 6.03 Å². The molecule has 0 aliphatic heterocycles. The van der Waals surface area contributed by atoms with Crippen LogP contribution in [0.2, 0.25) is 0 Å². The predicted molar refractivity (Wildman–Crippen MR) is 104 cm³/mol. The molecule has 3 rings (SSSR count). The Bertz CT molecular complexity index is 848. The van der Waals surface area contributed by atoms with Gasteiger partial charge in [0.1, 0.15) is 11.6 Å². The van der Waals surface area contributed by atoms with Crippen molar-refractivity contribution in [2.24, 2.45) is 0 Å². The van der Waals surface area contributed by atoms with E-state index in [1.807, 2.05) is 57.3 Å². The molecule has 2 amide bonds. The summed E-state index contributed by atoms with van der Waals surface area (Å²) in [6.07, 6.45) is 5.33. The molecule has 0 bridgehead atoms. The fourth-order valence-electron chi connectivity index (χ4n) is 2.78. The quantitative estimate of drug-likeness (QED) is 0.716. The third-order valence-electron chi connectivity index (χ3n) is 4.03. The average molecular weight is 366 g/mol. The molecule has 0 spiro atoms. The maximum absolute atomic E-state index is 12.8. The van der Waals surface area contributed by atoms with Crippen molar-refractivity contribution in [3.63, 3.8) is 0 Å². The monoisotopic (exact) mass is 366 g/mol. The van der Waals surface area contributed by atoms with Gasteiger partial charge in [-0.05, 0) is 38.5 Å². The van der Waals surface area contributed by atoms with Crippen LogP contribution in [0.15, 0.2) is 65.5 Å². The number of nitrogens with one attached hydrogen (secondary N) is 1. The summed E-state index contributed by atoms with van der Waals surface area (Å²) in [6.45, 7) is 7.38. The number of benzene rings is 1. The van der Waals surface area contributed by atoms with Gasteiger partial charge in [-0.3, -0.25) is 0 Å². The number of hydrogen-bond donors (Lipinski definition) is 1. The van der Waals surface area contributed by atoms with Gasteiger partial charge in [-0.15, -0.1) is 0 Å². The minimum absolute atomic E-state index is 0.145. The number of rotatable bonds is 6. The van der Waals surface area contributed by atoms with Gasteiger partial charge in [0.25, 0.3) is 0 Å². The molecule has 2 heterocycles. The molecule has 0 fully saturated rings. The Kier molecular flexibility index (Phi) is 5.64. The smallest absolute Gasteiger partial charge is 0.318 e. The molecule has 0 aliphatic carbocycles. The molecule has 6 heteroatoms. The lowest BCUT2D eigenvalue weighted by atomic mass is 10.1. The average Bonchev–Trinajstić information content (AvgIpc) is 3.26. The highest BCUT2D eigenvalue weighted by atomic mass is 16.3. The van der Waals surface area contributed by atoms with Crippen molar-refractivity contribution in [3.05, 3.63) is 78.3 Å². The number of carbonyl (C=O) groups excluding carboxylic acids is 1. The van der Waals surface area contributed by atoms with Crippen LogP contribution in [0.25, 0.3) is 0 Å². The van der Waals surface area contributed by atoms with Crippen LogP contribution in [0.4, 0.5) is 4.79 Å². The SMILES string of the molecule is CC(C)(C)NC(=O)N(Cc1ccco1)Cc1nccn1Cc1ccccc1. The standard InChI is InChI=1S/C21H26N4O2/c1-21(2,3)23-20(26)25(15-18-10-7-13-27-18)16-19-22-11-12-24(19)14-17-8-5-4-6-9-17/h4-13H,14-16H2,1-3H3,(H,23,26). The summed E-state index contributed by atoms with van der Waals surface area (Å²) < 4.78 is 7.50. The Morgan fingerprint density at radius 2 is 1.93 bits per heavy atom. The normalized spacial score (nSPS) is 11.4. The Morgan fingerprint density at radius 3 is 2.59 bits per heavy atom. The lowest BCUT2D eigenvalue weighted by Gasteiger charge is -2.28. The van der Waals surface area contributed by atoms with E-state index in [1.165, 1.54) is 5.56 Å². The molecule has 6 nitrogen and oxygen atoms in total. The molecule has 0 atom stereocenters. The van der Waals surface area contributed by atoms with Crippen LogP contribution in [0.1, 0.15) is 37.9 Å². The molecule has 27 heavy (non-hydrogen) atoms. The molecule has 0 saturated heterocycles. The van der Waals surface area contributed by atoms with E-state index in [9.17, 15) is 4.79 Å². The lowest BCUT2D eigenvalue weighted by Crippen LogP contribution is -2.48. The van der Waals surface area contributed by atoms with Crippen LogP contribution in [0.3, 0.4) is 0 Å². The topological polar surface area (TPSA) is 63.3 Å². The predicted octanol–water partition coefficient (Wildman–Crippen LogP) is 4.03. The highest BCUT2D eigenvalue weighted by Gasteiger charge is 2.22. The van der Waals surface area contributed by atoms with Crippen LogP contribution in [-0.4, -0.2) is 26.0 Å².